The molecule has 1 aromatic heterocycles. The van der Waals surface area contributed by atoms with Crippen LogP contribution in [0, 0.1) is 17.7 Å². The number of rotatable bonds is 0. The van der Waals surface area contributed by atoms with E-state index in [-0.39, 0.29) is 0 Å². The zero-order valence-electron chi connectivity index (χ0n) is 4.84. The minimum Gasteiger partial charge on any atom is -0.200 e. The Kier molecular flexibility index (Phi) is 2.25. The van der Waals surface area contributed by atoms with Crippen molar-refractivity contribution in [3.63, 3.8) is 0 Å². The van der Waals surface area contributed by atoms with Gasteiger partial charge in [-0.1, -0.05) is 23.2 Å². The quantitative estimate of drug-likeness (QED) is 0.589. The van der Waals surface area contributed by atoms with Crippen LogP contribution in [0.3, 0.4) is 0 Å². The molecule has 1 heterocycles. The van der Waals surface area contributed by atoms with E-state index < -0.39 is 27.8 Å². The number of nitrogens with zero attached hydrogens (tertiary/aromatic N) is 1. The number of pyridine rings is 1. The van der Waals surface area contributed by atoms with Crippen molar-refractivity contribution >= 4 is 23.2 Å². The molecule has 1 nitrogen and oxygen atoms in total. The highest BCUT2D eigenvalue weighted by atomic mass is 35.5. The van der Waals surface area contributed by atoms with Crippen molar-refractivity contribution in [1.82, 2.24) is 4.98 Å². The lowest BCUT2D eigenvalue weighted by molar-refractivity contribution is 0.448. The molecule has 0 saturated heterocycles. The summed E-state index contributed by atoms with van der Waals surface area (Å²) < 4.78 is 36.8. The molecule has 0 saturated carbocycles. The minimum atomic E-state index is -1.60. The topological polar surface area (TPSA) is 12.9 Å². The highest BCUT2D eigenvalue weighted by Gasteiger charge is 2.16. The highest BCUT2D eigenvalue weighted by Crippen LogP contribution is 2.27. The molecule has 1 aromatic rings. The molecule has 0 N–H and O–H groups in total. The average Bonchev–Trinajstić information content (AvgIpc) is 1.97. The Labute approximate surface area is 69.8 Å². The van der Waals surface area contributed by atoms with Crippen molar-refractivity contribution in [2.75, 3.05) is 0 Å². The van der Waals surface area contributed by atoms with E-state index in [2.05, 4.69) is 4.98 Å². The third-order valence-corrected chi connectivity index (χ3v) is 1.74. The van der Waals surface area contributed by atoms with E-state index in [9.17, 15) is 13.2 Å². The maximum atomic E-state index is 12.4. The van der Waals surface area contributed by atoms with Crippen LogP contribution in [0.1, 0.15) is 0 Å². The summed E-state index contributed by atoms with van der Waals surface area (Å²) in [7, 11) is 0. The van der Waals surface area contributed by atoms with Gasteiger partial charge in [0.05, 0.1) is 0 Å². The molecule has 60 valence electrons. The van der Waals surface area contributed by atoms with Crippen molar-refractivity contribution in [2.24, 2.45) is 0 Å². The van der Waals surface area contributed by atoms with E-state index in [1.165, 1.54) is 0 Å². The van der Waals surface area contributed by atoms with Crippen LogP contribution in [-0.4, -0.2) is 4.98 Å². The van der Waals surface area contributed by atoms with E-state index in [1.54, 1.807) is 0 Å². The van der Waals surface area contributed by atoms with Gasteiger partial charge in [-0.15, -0.1) is 0 Å². The van der Waals surface area contributed by atoms with Crippen LogP contribution in [0.2, 0.25) is 10.0 Å². The van der Waals surface area contributed by atoms with E-state index in [1.807, 2.05) is 0 Å². The highest BCUT2D eigenvalue weighted by molar-refractivity contribution is 6.42. The number of aromatic nitrogens is 1. The molecule has 0 aliphatic heterocycles. The van der Waals surface area contributed by atoms with Crippen molar-refractivity contribution < 1.29 is 13.2 Å². The van der Waals surface area contributed by atoms with Crippen LogP contribution in [0.4, 0.5) is 13.2 Å². The van der Waals surface area contributed by atoms with Gasteiger partial charge >= 0.3 is 0 Å². The Morgan fingerprint density at radius 3 is 2.00 bits per heavy atom. The number of hydrogen-bond donors (Lipinski definition) is 0. The van der Waals surface area contributed by atoms with Gasteiger partial charge in [0.25, 0.3) is 5.95 Å². The van der Waals surface area contributed by atoms with Gasteiger partial charge < -0.3 is 0 Å². The van der Waals surface area contributed by atoms with Crippen molar-refractivity contribution in [2.45, 2.75) is 0 Å². The summed E-state index contributed by atoms with van der Waals surface area (Å²) in [6.45, 7) is 0. The lowest BCUT2D eigenvalue weighted by Crippen LogP contribution is -1.95. The van der Waals surface area contributed by atoms with Crippen molar-refractivity contribution in [3.8, 4) is 0 Å². The maximum absolute atomic E-state index is 12.4. The van der Waals surface area contributed by atoms with Crippen LogP contribution < -0.4 is 0 Å². The smallest absolute Gasteiger partial charge is 0.200 e. The lowest BCUT2D eigenvalue weighted by atomic mass is 10.4. The molecule has 0 atom stereocenters. The zero-order chi connectivity index (χ0) is 8.59. The molecule has 0 aromatic carbocycles. The van der Waals surface area contributed by atoms with Crippen LogP contribution >= 0.6 is 23.2 Å². The fraction of sp³-hybridized carbons (Fsp3) is 0. The molecule has 1 rings (SSSR count). The first-order chi connectivity index (χ1) is 5.04. The third kappa shape index (κ3) is 1.41. The van der Waals surface area contributed by atoms with E-state index in [4.69, 9.17) is 23.2 Å². The normalized spacial score (nSPS) is 10.3. The summed E-state index contributed by atoms with van der Waals surface area (Å²) in [6, 6.07) is 0. The standard InChI is InChI=1S/C5Cl2F3N/c6-1-2(7)4(9)11-5(10)3(1)8. The fourth-order valence-electron chi connectivity index (χ4n) is 0.462. The van der Waals surface area contributed by atoms with Crippen LogP contribution in [0.15, 0.2) is 0 Å². The van der Waals surface area contributed by atoms with Gasteiger partial charge in [0.2, 0.25) is 5.95 Å². The molecule has 11 heavy (non-hydrogen) atoms. The Bertz CT molecular complexity index is 276. The van der Waals surface area contributed by atoms with Crippen molar-refractivity contribution in [1.29, 1.82) is 0 Å². The van der Waals surface area contributed by atoms with Gasteiger partial charge in [0.1, 0.15) is 10.0 Å². The van der Waals surface area contributed by atoms with Crippen LogP contribution in [-0.2, 0) is 0 Å². The molecular weight excluding hydrogens is 202 g/mol. The lowest BCUT2D eigenvalue weighted by Gasteiger charge is -1.97. The second kappa shape index (κ2) is 2.87. The molecule has 0 aliphatic carbocycles. The van der Waals surface area contributed by atoms with Gasteiger partial charge in [0.15, 0.2) is 5.82 Å². The summed E-state index contributed by atoms with van der Waals surface area (Å²) in [4.78, 5) is 2.51. The Hall–Kier alpha value is -0.480. The molecular formula is C5Cl2F3N. The van der Waals surface area contributed by atoms with Crippen molar-refractivity contribution in [3.05, 3.63) is 27.8 Å². The van der Waals surface area contributed by atoms with Gasteiger partial charge in [-0.05, 0) is 0 Å². The van der Waals surface area contributed by atoms with Crippen LogP contribution in [0.25, 0.3) is 0 Å². The average molecular weight is 202 g/mol. The summed E-state index contributed by atoms with van der Waals surface area (Å²) in [5, 5.41) is -1.51. The number of halogens is 5. The maximum Gasteiger partial charge on any atom is 0.253 e. The second-order valence-corrected chi connectivity index (χ2v) is 2.39. The number of hydrogen-bond acceptors (Lipinski definition) is 1. The zero-order valence-corrected chi connectivity index (χ0v) is 6.35. The van der Waals surface area contributed by atoms with Gasteiger partial charge in [-0.3, -0.25) is 0 Å². The molecule has 0 unspecified atom stereocenters. The predicted molar refractivity (Wildman–Crippen MR) is 34.1 cm³/mol. The largest absolute Gasteiger partial charge is 0.253 e. The molecule has 0 spiro atoms. The summed E-state index contributed by atoms with van der Waals surface area (Å²) in [6.07, 6.45) is 0. The summed E-state index contributed by atoms with van der Waals surface area (Å²) in [5.74, 6) is -4.37. The van der Waals surface area contributed by atoms with E-state index in [0.717, 1.165) is 0 Å². The fourth-order valence-corrected chi connectivity index (χ4v) is 0.743. The Balaban J connectivity index is 3.46. The first kappa shape index (κ1) is 8.62. The molecule has 0 aliphatic rings. The molecule has 0 fully saturated rings. The predicted octanol–water partition coefficient (Wildman–Crippen LogP) is 2.81. The van der Waals surface area contributed by atoms with Crippen LogP contribution in [0.5, 0.6) is 0 Å². The minimum absolute atomic E-state index is 0.717. The Morgan fingerprint density at radius 1 is 0.909 bits per heavy atom. The summed E-state index contributed by atoms with van der Waals surface area (Å²) >= 11 is 10.1. The second-order valence-electron chi connectivity index (χ2n) is 1.64. The van der Waals surface area contributed by atoms with E-state index >= 15 is 0 Å². The van der Waals surface area contributed by atoms with Gasteiger partial charge in [-0.25, -0.2) is 4.39 Å². The molecule has 0 radical (unpaired) electrons. The third-order valence-electron chi connectivity index (χ3n) is 0.944. The Morgan fingerprint density at radius 2 is 1.45 bits per heavy atom. The molecule has 0 bridgehead atoms. The molecule has 0 amide bonds. The van der Waals surface area contributed by atoms with Gasteiger partial charge in [0, 0.05) is 0 Å². The van der Waals surface area contributed by atoms with Gasteiger partial charge in [-0.2, -0.15) is 13.8 Å². The van der Waals surface area contributed by atoms with E-state index in [0.29, 0.717) is 0 Å². The molecule has 6 heteroatoms. The first-order valence-corrected chi connectivity index (χ1v) is 3.15. The summed E-state index contributed by atoms with van der Waals surface area (Å²) in [5.41, 5.74) is 0. The monoisotopic (exact) mass is 201 g/mol. The SMILES string of the molecule is Fc1nc(F)c(Cl)c(Cl)c1F. The first-order valence-electron chi connectivity index (χ1n) is 2.39.